The third-order valence-corrected chi connectivity index (χ3v) is 3.25. The summed E-state index contributed by atoms with van der Waals surface area (Å²) in [6.45, 7) is 2.18. The number of nitrogens with zero attached hydrogens (tertiary/aromatic N) is 2. The summed E-state index contributed by atoms with van der Waals surface area (Å²) in [4.78, 5) is 6.35. The minimum Gasteiger partial charge on any atom is -0.493 e. The lowest BCUT2D eigenvalue weighted by Gasteiger charge is -2.18. The van der Waals surface area contributed by atoms with Gasteiger partial charge in [0.2, 0.25) is 5.88 Å². The van der Waals surface area contributed by atoms with E-state index in [0.717, 1.165) is 18.2 Å². The zero-order valence-corrected chi connectivity index (χ0v) is 8.39. The van der Waals surface area contributed by atoms with Crippen LogP contribution in [0.15, 0.2) is 5.38 Å². The van der Waals surface area contributed by atoms with Crippen LogP contribution >= 0.6 is 11.3 Å². The van der Waals surface area contributed by atoms with Crippen molar-refractivity contribution >= 4 is 16.5 Å². The van der Waals surface area contributed by atoms with Crippen LogP contribution in [0.2, 0.25) is 0 Å². The minimum absolute atomic E-state index is 0.157. The van der Waals surface area contributed by atoms with Gasteiger partial charge in [-0.15, -0.1) is 11.3 Å². The highest BCUT2D eigenvalue weighted by molar-refractivity contribution is 7.13. The SMILES string of the molecule is Oc1csc(N2CCCCCC2)n1. The van der Waals surface area contributed by atoms with Crippen LogP contribution in [-0.2, 0) is 0 Å². The summed E-state index contributed by atoms with van der Waals surface area (Å²) in [6.07, 6.45) is 5.16. The van der Waals surface area contributed by atoms with Gasteiger partial charge in [0.05, 0.1) is 5.38 Å². The number of hydrogen-bond donors (Lipinski definition) is 1. The van der Waals surface area contributed by atoms with Gasteiger partial charge in [0, 0.05) is 13.1 Å². The molecular formula is C9H14N2OS. The fourth-order valence-corrected chi connectivity index (χ4v) is 2.40. The smallest absolute Gasteiger partial charge is 0.223 e. The zero-order valence-electron chi connectivity index (χ0n) is 7.57. The molecule has 1 aromatic rings. The maximum absolute atomic E-state index is 9.13. The predicted octanol–water partition coefficient (Wildman–Crippen LogP) is 2.23. The van der Waals surface area contributed by atoms with Crippen molar-refractivity contribution in [1.29, 1.82) is 0 Å². The van der Waals surface area contributed by atoms with Crippen molar-refractivity contribution in [3.8, 4) is 5.88 Å². The van der Waals surface area contributed by atoms with Gasteiger partial charge in [0.25, 0.3) is 0 Å². The number of anilines is 1. The topological polar surface area (TPSA) is 36.4 Å². The number of rotatable bonds is 1. The summed E-state index contributed by atoms with van der Waals surface area (Å²) in [5.74, 6) is 0.157. The standard InChI is InChI=1S/C9H14N2OS/c12-8-7-13-9(10-8)11-5-3-1-2-4-6-11/h7,12H,1-6H2. The molecule has 1 N–H and O–H groups in total. The van der Waals surface area contributed by atoms with Gasteiger partial charge in [-0.2, -0.15) is 4.98 Å². The summed E-state index contributed by atoms with van der Waals surface area (Å²) in [7, 11) is 0. The van der Waals surface area contributed by atoms with E-state index in [1.807, 2.05) is 0 Å². The molecule has 0 unspecified atom stereocenters. The molecule has 2 rings (SSSR count). The fraction of sp³-hybridized carbons (Fsp3) is 0.667. The Hall–Kier alpha value is -0.770. The van der Waals surface area contributed by atoms with Gasteiger partial charge in [-0.1, -0.05) is 12.8 Å². The van der Waals surface area contributed by atoms with Crippen molar-refractivity contribution in [3.63, 3.8) is 0 Å². The fourth-order valence-electron chi connectivity index (χ4n) is 1.66. The quantitative estimate of drug-likeness (QED) is 0.751. The molecular weight excluding hydrogens is 184 g/mol. The van der Waals surface area contributed by atoms with E-state index in [-0.39, 0.29) is 5.88 Å². The molecule has 1 saturated heterocycles. The van der Waals surface area contributed by atoms with Crippen molar-refractivity contribution in [2.45, 2.75) is 25.7 Å². The first-order valence-corrected chi connectivity index (χ1v) is 5.64. The summed E-state index contributed by atoms with van der Waals surface area (Å²) in [5, 5.41) is 11.8. The first-order valence-electron chi connectivity index (χ1n) is 4.76. The second kappa shape index (κ2) is 3.96. The summed E-state index contributed by atoms with van der Waals surface area (Å²) >= 11 is 1.53. The molecule has 1 aliphatic rings. The van der Waals surface area contributed by atoms with E-state index in [9.17, 15) is 0 Å². The van der Waals surface area contributed by atoms with Crippen molar-refractivity contribution in [1.82, 2.24) is 4.98 Å². The molecule has 0 spiro atoms. The molecule has 1 fully saturated rings. The Morgan fingerprint density at radius 3 is 2.46 bits per heavy atom. The van der Waals surface area contributed by atoms with E-state index in [1.54, 1.807) is 5.38 Å². The van der Waals surface area contributed by atoms with Crippen LogP contribution in [0.5, 0.6) is 5.88 Å². The molecule has 2 heterocycles. The van der Waals surface area contributed by atoms with Crippen LogP contribution in [0.1, 0.15) is 25.7 Å². The van der Waals surface area contributed by atoms with Gasteiger partial charge < -0.3 is 10.0 Å². The molecule has 0 atom stereocenters. The molecule has 1 aromatic heterocycles. The Morgan fingerprint density at radius 1 is 1.23 bits per heavy atom. The molecule has 0 radical (unpaired) electrons. The van der Waals surface area contributed by atoms with Gasteiger partial charge in [-0.3, -0.25) is 0 Å². The Kier molecular flexibility index (Phi) is 2.68. The van der Waals surface area contributed by atoms with Gasteiger partial charge in [-0.25, -0.2) is 0 Å². The molecule has 0 aliphatic carbocycles. The number of aromatic nitrogens is 1. The lowest BCUT2D eigenvalue weighted by atomic mass is 10.2. The Labute approximate surface area is 82.0 Å². The van der Waals surface area contributed by atoms with Crippen LogP contribution in [0.4, 0.5) is 5.13 Å². The van der Waals surface area contributed by atoms with Gasteiger partial charge in [-0.05, 0) is 12.8 Å². The largest absolute Gasteiger partial charge is 0.493 e. The molecule has 3 nitrogen and oxygen atoms in total. The summed E-state index contributed by atoms with van der Waals surface area (Å²) in [6, 6.07) is 0. The molecule has 0 bridgehead atoms. The Bertz CT molecular complexity index is 266. The molecule has 0 saturated carbocycles. The lowest BCUT2D eigenvalue weighted by Crippen LogP contribution is -2.23. The van der Waals surface area contributed by atoms with E-state index in [4.69, 9.17) is 5.11 Å². The monoisotopic (exact) mass is 198 g/mol. The lowest BCUT2D eigenvalue weighted by molar-refractivity contribution is 0.457. The maximum atomic E-state index is 9.13. The van der Waals surface area contributed by atoms with Crippen molar-refractivity contribution in [2.75, 3.05) is 18.0 Å². The number of aromatic hydroxyl groups is 1. The van der Waals surface area contributed by atoms with Crippen molar-refractivity contribution in [3.05, 3.63) is 5.38 Å². The highest BCUT2D eigenvalue weighted by atomic mass is 32.1. The predicted molar refractivity (Wildman–Crippen MR) is 54.5 cm³/mol. The van der Waals surface area contributed by atoms with Crippen LogP contribution in [-0.4, -0.2) is 23.2 Å². The summed E-state index contributed by atoms with van der Waals surface area (Å²) in [5.41, 5.74) is 0. The third-order valence-electron chi connectivity index (χ3n) is 2.36. The van der Waals surface area contributed by atoms with Crippen LogP contribution in [0, 0.1) is 0 Å². The second-order valence-corrected chi connectivity index (χ2v) is 4.23. The van der Waals surface area contributed by atoms with Gasteiger partial charge in [0.15, 0.2) is 5.13 Å². The van der Waals surface area contributed by atoms with E-state index in [0.29, 0.717) is 0 Å². The molecule has 0 amide bonds. The molecule has 1 aliphatic heterocycles. The first kappa shape index (κ1) is 8.81. The number of hydrogen-bond acceptors (Lipinski definition) is 4. The van der Waals surface area contributed by atoms with Gasteiger partial charge in [0.1, 0.15) is 0 Å². The average Bonchev–Trinajstić information content (AvgIpc) is 2.43. The molecule has 4 heteroatoms. The molecule has 72 valence electrons. The van der Waals surface area contributed by atoms with Crippen molar-refractivity contribution < 1.29 is 5.11 Å². The zero-order chi connectivity index (χ0) is 9.10. The Balaban J connectivity index is 2.06. The van der Waals surface area contributed by atoms with Gasteiger partial charge >= 0.3 is 0 Å². The van der Waals surface area contributed by atoms with Crippen LogP contribution in [0.3, 0.4) is 0 Å². The first-order chi connectivity index (χ1) is 6.36. The summed E-state index contributed by atoms with van der Waals surface area (Å²) < 4.78 is 0. The maximum Gasteiger partial charge on any atom is 0.223 e. The molecule has 0 aromatic carbocycles. The average molecular weight is 198 g/mol. The molecule has 13 heavy (non-hydrogen) atoms. The Morgan fingerprint density at radius 2 is 1.92 bits per heavy atom. The van der Waals surface area contributed by atoms with Crippen LogP contribution < -0.4 is 4.90 Å². The third kappa shape index (κ3) is 2.12. The minimum atomic E-state index is 0.157. The normalized spacial score (nSPS) is 18.6. The van der Waals surface area contributed by atoms with E-state index in [2.05, 4.69) is 9.88 Å². The highest BCUT2D eigenvalue weighted by Crippen LogP contribution is 2.25. The van der Waals surface area contributed by atoms with E-state index < -0.39 is 0 Å². The number of thiazole rings is 1. The highest BCUT2D eigenvalue weighted by Gasteiger charge is 2.12. The van der Waals surface area contributed by atoms with Crippen LogP contribution in [0.25, 0.3) is 0 Å². The van der Waals surface area contributed by atoms with E-state index in [1.165, 1.54) is 37.0 Å². The van der Waals surface area contributed by atoms with Crippen molar-refractivity contribution in [2.24, 2.45) is 0 Å². The van der Waals surface area contributed by atoms with E-state index >= 15 is 0 Å². The second-order valence-electron chi connectivity index (χ2n) is 3.39.